The minimum atomic E-state index is -0.679. The Morgan fingerprint density at radius 1 is 0.760 bits per heavy atom. The molecule has 2 rings (SSSR count). The van der Waals surface area contributed by atoms with Gasteiger partial charge in [0.1, 0.15) is 0 Å². The monoisotopic (exact) mass is 338 g/mol. The molecule has 0 amide bonds. The van der Waals surface area contributed by atoms with Gasteiger partial charge in [0.25, 0.3) is 0 Å². The zero-order valence-corrected chi connectivity index (χ0v) is 15.3. The first-order valence-corrected chi connectivity index (χ1v) is 9.46. The molecule has 0 saturated heterocycles. The fourth-order valence-electron chi connectivity index (χ4n) is 3.53. The van der Waals surface area contributed by atoms with E-state index in [2.05, 4.69) is 67.6 Å². The molecule has 1 N–H and O–H groups in total. The van der Waals surface area contributed by atoms with Gasteiger partial charge in [-0.15, -0.1) is 0 Å². The van der Waals surface area contributed by atoms with E-state index in [1.54, 1.807) is 0 Å². The molecule has 134 valence electrons. The van der Waals surface area contributed by atoms with Gasteiger partial charge in [0, 0.05) is 11.8 Å². The second-order valence-corrected chi connectivity index (χ2v) is 7.08. The van der Waals surface area contributed by atoms with Crippen LogP contribution in [0.4, 0.5) is 0 Å². The molecule has 0 unspecified atom stereocenters. The third-order valence-electron chi connectivity index (χ3n) is 5.14. The van der Waals surface area contributed by atoms with Gasteiger partial charge in [-0.3, -0.25) is 4.79 Å². The van der Waals surface area contributed by atoms with Crippen molar-refractivity contribution in [2.24, 2.45) is 0 Å². The smallest absolute Gasteiger partial charge is 0.303 e. The SMILES string of the molecule is CC(CCCCCCCCC(=O)O)(c1ccccc1)c1ccccc1. The second-order valence-electron chi connectivity index (χ2n) is 7.08. The predicted octanol–water partition coefficient (Wildman–Crippen LogP) is 6.20. The maximum absolute atomic E-state index is 10.5. The van der Waals surface area contributed by atoms with Crippen molar-refractivity contribution in [1.82, 2.24) is 0 Å². The lowest BCUT2D eigenvalue weighted by atomic mass is 9.72. The minimum absolute atomic E-state index is 0.0474. The van der Waals surface area contributed by atoms with Gasteiger partial charge in [0.15, 0.2) is 0 Å². The first-order chi connectivity index (χ1) is 12.1. The lowest BCUT2D eigenvalue weighted by molar-refractivity contribution is -0.137. The third-order valence-corrected chi connectivity index (χ3v) is 5.14. The molecule has 0 aromatic heterocycles. The van der Waals surface area contributed by atoms with E-state index < -0.39 is 5.97 Å². The van der Waals surface area contributed by atoms with Crippen LogP contribution in [0.5, 0.6) is 0 Å². The number of unbranched alkanes of at least 4 members (excludes halogenated alkanes) is 5. The van der Waals surface area contributed by atoms with E-state index in [0.717, 1.165) is 25.7 Å². The number of benzene rings is 2. The highest BCUT2D eigenvalue weighted by atomic mass is 16.4. The summed E-state index contributed by atoms with van der Waals surface area (Å²) < 4.78 is 0. The summed E-state index contributed by atoms with van der Waals surface area (Å²) in [4.78, 5) is 10.5. The maximum Gasteiger partial charge on any atom is 0.303 e. The van der Waals surface area contributed by atoms with Gasteiger partial charge in [-0.05, 0) is 24.0 Å². The molecule has 0 spiro atoms. The highest BCUT2D eigenvalue weighted by molar-refractivity contribution is 5.66. The molecule has 0 heterocycles. The van der Waals surface area contributed by atoms with Gasteiger partial charge < -0.3 is 5.11 Å². The molecule has 0 fully saturated rings. The highest BCUT2D eigenvalue weighted by Crippen LogP contribution is 2.36. The lowest BCUT2D eigenvalue weighted by Gasteiger charge is -2.31. The zero-order valence-electron chi connectivity index (χ0n) is 15.3. The summed E-state index contributed by atoms with van der Waals surface area (Å²) in [5.74, 6) is -0.679. The zero-order chi connectivity index (χ0) is 18.0. The van der Waals surface area contributed by atoms with Gasteiger partial charge >= 0.3 is 5.97 Å². The minimum Gasteiger partial charge on any atom is -0.481 e. The van der Waals surface area contributed by atoms with Crippen molar-refractivity contribution >= 4 is 5.97 Å². The summed E-state index contributed by atoms with van der Waals surface area (Å²) in [7, 11) is 0. The molecular formula is C23H30O2. The number of aliphatic carboxylic acids is 1. The first-order valence-electron chi connectivity index (χ1n) is 9.46. The van der Waals surface area contributed by atoms with Crippen LogP contribution in [0.3, 0.4) is 0 Å². The average molecular weight is 338 g/mol. The van der Waals surface area contributed by atoms with Crippen LogP contribution in [-0.4, -0.2) is 11.1 Å². The van der Waals surface area contributed by atoms with E-state index in [1.807, 2.05) is 0 Å². The molecule has 0 saturated carbocycles. The van der Waals surface area contributed by atoms with Crippen molar-refractivity contribution in [3.63, 3.8) is 0 Å². The number of carboxylic acid groups (broad SMARTS) is 1. The average Bonchev–Trinajstić information content (AvgIpc) is 2.65. The molecule has 0 atom stereocenters. The van der Waals surface area contributed by atoms with Crippen molar-refractivity contribution < 1.29 is 9.90 Å². The predicted molar refractivity (Wildman–Crippen MR) is 104 cm³/mol. The van der Waals surface area contributed by atoms with Crippen molar-refractivity contribution in [3.05, 3.63) is 71.8 Å². The second kappa shape index (κ2) is 10.0. The van der Waals surface area contributed by atoms with Crippen LogP contribution in [0.2, 0.25) is 0 Å². The molecule has 2 aromatic carbocycles. The number of rotatable bonds is 11. The van der Waals surface area contributed by atoms with Crippen LogP contribution in [0.1, 0.15) is 69.4 Å². The summed E-state index contributed by atoms with van der Waals surface area (Å²) >= 11 is 0. The molecule has 0 aliphatic heterocycles. The summed E-state index contributed by atoms with van der Waals surface area (Å²) in [5, 5.41) is 8.66. The Kier molecular flexibility index (Phi) is 7.72. The number of carbonyl (C=O) groups is 1. The topological polar surface area (TPSA) is 37.3 Å². The summed E-state index contributed by atoms with van der Waals surface area (Å²) in [6, 6.07) is 21.6. The van der Waals surface area contributed by atoms with E-state index in [-0.39, 0.29) is 5.41 Å². The van der Waals surface area contributed by atoms with Crippen molar-refractivity contribution in [1.29, 1.82) is 0 Å². The third kappa shape index (κ3) is 6.04. The first kappa shape index (κ1) is 19.2. The van der Waals surface area contributed by atoms with E-state index in [9.17, 15) is 4.79 Å². The van der Waals surface area contributed by atoms with Crippen molar-refractivity contribution in [3.8, 4) is 0 Å². The van der Waals surface area contributed by atoms with Crippen LogP contribution >= 0.6 is 0 Å². The Hall–Kier alpha value is -2.09. The standard InChI is InChI=1S/C23H30O2/c1-23(20-14-8-6-9-15-20,21-16-10-7-11-17-21)19-13-5-3-2-4-12-18-22(24)25/h6-11,14-17H,2-5,12-13,18-19H2,1H3,(H,24,25). The van der Waals surface area contributed by atoms with Gasteiger partial charge in [-0.1, -0.05) is 99.7 Å². The number of hydrogen-bond donors (Lipinski definition) is 1. The number of hydrogen-bond acceptors (Lipinski definition) is 1. The lowest BCUT2D eigenvalue weighted by Crippen LogP contribution is -2.23. The highest BCUT2D eigenvalue weighted by Gasteiger charge is 2.27. The van der Waals surface area contributed by atoms with Crippen LogP contribution in [0.15, 0.2) is 60.7 Å². The van der Waals surface area contributed by atoms with Gasteiger partial charge in [0.05, 0.1) is 0 Å². The van der Waals surface area contributed by atoms with E-state index in [0.29, 0.717) is 6.42 Å². The van der Waals surface area contributed by atoms with Gasteiger partial charge in [-0.25, -0.2) is 0 Å². The summed E-state index contributed by atoms with van der Waals surface area (Å²) in [5.41, 5.74) is 2.80. The van der Waals surface area contributed by atoms with Crippen molar-refractivity contribution in [2.45, 2.75) is 63.7 Å². The molecule has 2 aromatic rings. The quantitative estimate of drug-likeness (QED) is 0.495. The van der Waals surface area contributed by atoms with E-state index in [1.165, 1.54) is 30.4 Å². The fraction of sp³-hybridized carbons (Fsp3) is 0.435. The van der Waals surface area contributed by atoms with E-state index in [4.69, 9.17) is 5.11 Å². The molecule has 2 heteroatoms. The fourth-order valence-corrected chi connectivity index (χ4v) is 3.53. The normalized spacial score (nSPS) is 11.4. The van der Waals surface area contributed by atoms with E-state index >= 15 is 0 Å². The Balaban J connectivity index is 1.87. The van der Waals surface area contributed by atoms with Crippen molar-refractivity contribution in [2.75, 3.05) is 0 Å². The van der Waals surface area contributed by atoms with Gasteiger partial charge in [0.2, 0.25) is 0 Å². The van der Waals surface area contributed by atoms with Gasteiger partial charge in [-0.2, -0.15) is 0 Å². The van der Waals surface area contributed by atoms with Crippen LogP contribution in [-0.2, 0) is 10.2 Å². The van der Waals surface area contributed by atoms with Crippen LogP contribution in [0.25, 0.3) is 0 Å². The number of carboxylic acids is 1. The molecular weight excluding hydrogens is 308 g/mol. The summed E-state index contributed by atoms with van der Waals surface area (Å²) in [6.07, 6.45) is 8.01. The maximum atomic E-state index is 10.5. The molecule has 0 aliphatic rings. The molecule has 2 nitrogen and oxygen atoms in total. The Morgan fingerprint density at radius 3 is 1.68 bits per heavy atom. The summed E-state index contributed by atoms with van der Waals surface area (Å²) in [6.45, 7) is 2.35. The molecule has 0 radical (unpaired) electrons. The molecule has 0 bridgehead atoms. The molecule has 0 aliphatic carbocycles. The van der Waals surface area contributed by atoms with Crippen LogP contribution in [0, 0.1) is 0 Å². The van der Waals surface area contributed by atoms with Crippen LogP contribution < -0.4 is 0 Å². The Labute approximate surface area is 151 Å². The molecule has 25 heavy (non-hydrogen) atoms. The Morgan fingerprint density at radius 2 is 1.20 bits per heavy atom. The Bertz CT molecular complexity index is 580. The largest absolute Gasteiger partial charge is 0.481 e.